The molecule has 0 fully saturated rings. The van der Waals surface area contributed by atoms with E-state index >= 15 is 0 Å². The molecule has 0 spiro atoms. The van der Waals surface area contributed by atoms with Gasteiger partial charge in [0.25, 0.3) is 0 Å². The third-order valence-corrected chi connectivity index (χ3v) is 3.40. The van der Waals surface area contributed by atoms with E-state index in [0.29, 0.717) is 22.0 Å². The Kier molecular flexibility index (Phi) is 6.72. The van der Waals surface area contributed by atoms with E-state index in [-0.39, 0.29) is 0 Å². The van der Waals surface area contributed by atoms with Crippen molar-refractivity contribution in [3.63, 3.8) is 0 Å². The zero-order valence-electron chi connectivity index (χ0n) is 12.6. The molecule has 0 aliphatic rings. The number of rotatable bonds is 7. The first kappa shape index (κ1) is 17.2. The molecule has 5 heteroatoms. The van der Waals surface area contributed by atoms with Crippen LogP contribution in [0.15, 0.2) is 18.2 Å². The molecule has 1 aromatic rings. The zero-order chi connectivity index (χ0) is 15.3. The van der Waals surface area contributed by atoms with Crippen molar-refractivity contribution in [2.75, 3.05) is 26.0 Å². The van der Waals surface area contributed by atoms with Crippen molar-refractivity contribution in [2.45, 2.75) is 26.3 Å². The highest BCUT2D eigenvalue weighted by atomic mass is 35.5. The second-order valence-electron chi connectivity index (χ2n) is 5.79. The van der Waals surface area contributed by atoms with E-state index < -0.39 is 0 Å². The number of thiocarbonyl (C=S) groups is 1. The van der Waals surface area contributed by atoms with Crippen molar-refractivity contribution in [3.05, 3.63) is 28.8 Å². The van der Waals surface area contributed by atoms with Crippen molar-refractivity contribution >= 4 is 34.5 Å². The molecule has 0 bridgehead atoms. The lowest BCUT2D eigenvalue weighted by Crippen LogP contribution is -2.34. The fraction of sp³-hybridized carbons (Fsp3) is 0.533. The first-order valence-corrected chi connectivity index (χ1v) is 7.58. The first-order valence-electron chi connectivity index (χ1n) is 6.80. The van der Waals surface area contributed by atoms with Crippen molar-refractivity contribution < 1.29 is 0 Å². The van der Waals surface area contributed by atoms with Crippen molar-refractivity contribution in [3.8, 4) is 0 Å². The molecular weight excluding hydrogens is 290 g/mol. The van der Waals surface area contributed by atoms with E-state index in [1.165, 1.54) is 0 Å². The molecule has 0 aliphatic carbocycles. The quantitative estimate of drug-likeness (QED) is 0.757. The lowest BCUT2D eigenvalue weighted by molar-refractivity contribution is 0.356. The third kappa shape index (κ3) is 5.65. The summed E-state index contributed by atoms with van der Waals surface area (Å²) >= 11 is 11.1. The summed E-state index contributed by atoms with van der Waals surface area (Å²) < 4.78 is 0. The highest BCUT2D eigenvalue weighted by molar-refractivity contribution is 7.80. The number of nitrogens with zero attached hydrogens (tertiary/aromatic N) is 1. The molecule has 0 aliphatic heterocycles. The maximum atomic E-state index is 6.01. The Morgan fingerprint density at radius 2 is 2.05 bits per heavy atom. The number of nitrogens with two attached hydrogens (primary N) is 1. The van der Waals surface area contributed by atoms with Crippen LogP contribution in [0, 0.1) is 5.92 Å². The van der Waals surface area contributed by atoms with Crippen LogP contribution in [0.25, 0.3) is 0 Å². The maximum absolute atomic E-state index is 6.01. The predicted octanol–water partition coefficient (Wildman–Crippen LogP) is 3.36. The topological polar surface area (TPSA) is 41.3 Å². The van der Waals surface area contributed by atoms with Gasteiger partial charge in [-0.2, -0.15) is 0 Å². The van der Waals surface area contributed by atoms with Gasteiger partial charge in [-0.3, -0.25) is 0 Å². The number of anilines is 1. The zero-order valence-corrected chi connectivity index (χ0v) is 14.2. The number of hydrogen-bond acceptors (Lipinski definition) is 3. The Labute approximate surface area is 132 Å². The van der Waals surface area contributed by atoms with Crippen LogP contribution < -0.4 is 11.1 Å². The van der Waals surface area contributed by atoms with Crippen molar-refractivity contribution in [2.24, 2.45) is 11.7 Å². The highest BCUT2D eigenvalue weighted by Crippen LogP contribution is 2.22. The Balaban J connectivity index is 2.94. The lowest BCUT2D eigenvalue weighted by Gasteiger charge is -2.26. The van der Waals surface area contributed by atoms with E-state index in [1.54, 1.807) is 0 Å². The summed E-state index contributed by atoms with van der Waals surface area (Å²) in [5.74, 6) is 0.619. The van der Waals surface area contributed by atoms with Crippen LogP contribution in [-0.2, 0) is 0 Å². The summed E-state index contributed by atoms with van der Waals surface area (Å²) in [4.78, 5) is 2.54. The molecule has 0 saturated heterocycles. The van der Waals surface area contributed by atoms with Gasteiger partial charge in [-0.25, -0.2) is 0 Å². The second kappa shape index (κ2) is 7.81. The van der Waals surface area contributed by atoms with E-state index in [0.717, 1.165) is 24.2 Å². The molecule has 1 aromatic carbocycles. The number of likely N-dealkylation sites (N-methyl/N-ethyl adjacent to an activating group) is 1. The molecule has 20 heavy (non-hydrogen) atoms. The summed E-state index contributed by atoms with van der Waals surface area (Å²) in [7, 11) is 4.15. The van der Waals surface area contributed by atoms with Crippen LogP contribution in [0.2, 0.25) is 5.02 Å². The van der Waals surface area contributed by atoms with Gasteiger partial charge in [-0.15, -0.1) is 0 Å². The van der Waals surface area contributed by atoms with Gasteiger partial charge in [0.15, 0.2) is 0 Å². The van der Waals surface area contributed by atoms with E-state index in [9.17, 15) is 0 Å². The molecule has 1 atom stereocenters. The van der Waals surface area contributed by atoms with Crippen LogP contribution in [0.5, 0.6) is 0 Å². The SMILES string of the molecule is CC(C)CC(CN(C)C)Nc1ccc(Cl)cc1C(N)=S. The summed E-state index contributed by atoms with van der Waals surface area (Å²) in [6.07, 6.45) is 1.08. The van der Waals surface area contributed by atoms with Gasteiger partial charge in [0, 0.05) is 28.9 Å². The van der Waals surface area contributed by atoms with E-state index in [1.807, 2.05) is 18.2 Å². The van der Waals surface area contributed by atoms with Crippen molar-refractivity contribution in [1.82, 2.24) is 4.90 Å². The molecule has 0 heterocycles. The Bertz CT molecular complexity index is 450. The number of halogens is 1. The normalized spacial score (nSPS) is 12.8. The molecule has 112 valence electrons. The smallest absolute Gasteiger partial charge is 0.106 e. The van der Waals surface area contributed by atoms with Gasteiger partial charge in [0.1, 0.15) is 4.99 Å². The molecule has 0 radical (unpaired) electrons. The molecular formula is C15H24ClN3S. The van der Waals surface area contributed by atoms with Gasteiger partial charge < -0.3 is 16.0 Å². The monoisotopic (exact) mass is 313 g/mol. The molecule has 0 saturated carbocycles. The van der Waals surface area contributed by atoms with Crippen LogP contribution in [0.3, 0.4) is 0 Å². The third-order valence-electron chi connectivity index (χ3n) is 2.95. The van der Waals surface area contributed by atoms with Crippen LogP contribution >= 0.6 is 23.8 Å². The van der Waals surface area contributed by atoms with Gasteiger partial charge in [0.2, 0.25) is 0 Å². The Hall–Kier alpha value is -0.840. The minimum absolute atomic E-state index is 0.347. The summed E-state index contributed by atoms with van der Waals surface area (Å²) in [5, 5.41) is 4.20. The Morgan fingerprint density at radius 1 is 1.40 bits per heavy atom. The number of nitrogens with one attached hydrogen (secondary N) is 1. The fourth-order valence-corrected chi connectivity index (χ4v) is 2.60. The molecule has 3 N–H and O–H groups in total. The highest BCUT2D eigenvalue weighted by Gasteiger charge is 2.15. The van der Waals surface area contributed by atoms with Crippen molar-refractivity contribution in [1.29, 1.82) is 0 Å². The number of benzene rings is 1. The summed E-state index contributed by atoms with van der Waals surface area (Å²) in [6.45, 7) is 5.40. The van der Waals surface area contributed by atoms with Crippen LogP contribution in [0.4, 0.5) is 5.69 Å². The van der Waals surface area contributed by atoms with Crippen LogP contribution in [0.1, 0.15) is 25.8 Å². The largest absolute Gasteiger partial charge is 0.389 e. The maximum Gasteiger partial charge on any atom is 0.106 e. The average Bonchev–Trinajstić information content (AvgIpc) is 2.29. The summed E-state index contributed by atoms with van der Waals surface area (Å²) in [6, 6.07) is 5.96. The van der Waals surface area contributed by atoms with Gasteiger partial charge in [-0.1, -0.05) is 37.7 Å². The van der Waals surface area contributed by atoms with Gasteiger partial charge >= 0.3 is 0 Å². The predicted molar refractivity (Wildman–Crippen MR) is 92.8 cm³/mol. The fourth-order valence-electron chi connectivity index (χ4n) is 2.26. The number of hydrogen-bond donors (Lipinski definition) is 2. The molecule has 0 amide bonds. The van der Waals surface area contributed by atoms with Crippen LogP contribution in [-0.4, -0.2) is 36.6 Å². The molecule has 1 rings (SSSR count). The second-order valence-corrected chi connectivity index (χ2v) is 6.66. The van der Waals surface area contributed by atoms with Gasteiger partial charge in [-0.05, 0) is 44.6 Å². The average molecular weight is 314 g/mol. The molecule has 1 unspecified atom stereocenters. The first-order chi connectivity index (χ1) is 9.29. The summed E-state index contributed by atoms with van der Waals surface area (Å²) in [5.41, 5.74) is 7.54. The van der Waals surface area contributed by atoms with Gasteiger partial charge in [0.05, 0.1) is 0 Å². The lowest BCUT2D eigenvalue weighted by atomic mass is 10.0. The minimum Gasteiger partial charge on any atom is -0.389 e. The standard InChI is InChI=1S/C15H24ClN3S/c1-10(2)7-12(9-19(3)4)18-14-6-5-11(16)8-13(14)15(17)20/h5-6,8,10,12,18H,7,9H2,1-4H3,(H2,17,20). The van der Waals surface area contributed by atoms with E-state index in [2.05, 4.69) is 38.2 Å². The molecule has 0 aromatic heterocycles. The van der Waals surface area contributed by atoms with E-state index in [4.69, 9.17) is 29.6 Å². The Morgan fingerprint density at radius 3 is 2.55 bits per heavy atom. The molecule has 3 nitrogen and oxygen atoms in total. The minimum atomic E-state index is 0.347.